The molecule has 0 radical (unpaired) electrons. The van der Waals surface area contributed by atoms with Gasteiger partial charge in [-0.25, -0.2) is 4.79 Å². The van der Waals surface area contributed by atoms with Crippen LogP contribution in [0.1, 0.15) is 22.2 Å². The van der Waals surface area contributed by atoms with Gasteiger partial charge in [-0.15, -0.1) is 0 Å². The first kappa shape index (κ1) is 17.6. The van der Waals surface area contributed by atoms with Gasteiger partial charge in [0.2, 0.25) is 0 Å². The van der Waals surface area contributed by atoms with Crippen molar-refractivity contribution in [3.63, 3.8) is 0 Å². The maximum Gasteiger partial charge on any atom is 0.323 e. The van der Waals surface area contributed by atoms with Crippen LogP contribution in [-0.4, -0.2) is 63.8 Å². The number of furan rings is 1. The molecule has 3 amide bonds. The van der Waals surface area contributed by atoms with E-state index in [1.54, 1.807) is 34.3 Å². The van der Waals surface area contributed by atoms with Crippen LogP contribution in [0.25, 0.3) is 0 Å². The summed E-state index contributed by atoms with van der Waals surface area (Å²) in [5, 5.41) is 3.52. The van der Waals surface area contributed by atoms with Crippen LogP contribution in [0.15, 0.2) is 52.3 Å². The largest absolute Gasteiger partial charge is 0.459 e. The van der Waals surface area contributed by atoms with Crippen molar-refractivity contribution >= 4 is 28.9 Å². The number of aliphatic imine (C=N–C) groups is 1. The smallest absolute Gasteiger partial charge is 0.323 e. The second-order valence-electron chi connectivity index (χ2n) is 6.23. The van der Waals surface area contributed by atoms with Gasteiger partial charge in [0.1, 0.15) is 0 Å². The highest BCUT2D eigenvalue weighted by Gasteiger charge is 2.28. The van der Waals surface area contributed by atoms with Crippen molar-refractivity contribution in [3.8, 4) is 0 Å². The molecular weight excluding hydrogens is 366 g/mol. The molecule has 27 heavy (non-hydrogen) atoms. The van der Waals surface area contributed by atoms with Crippen LogP contribution >= 0.6 is 11.8 Å². The molecule has 9 heteroatoms. The first-order valence-electron chi connectivity index (χ1n) is 8.70. The highest BCUT2D eigenvalue weighted by atomic mass is 32.2. The number of thioether (sulfide) groups is 1. The average molecular weight is 385 g/mol. The second-order valence-corrected chi connectivity index (χ2v) is 7.24. The monoisotopic (exact) mass is 385 g/mol. The number of amidine groups is 1. The van der Waals surface area contributed by atoms with Gasteiger partial charge < -0.3 is 14.2 Å². The number of rotatable bonds is 2. The zero-order valence-electron chi connectivity index (χ0n) is 14.6. The Labute approximate surface area is 160 Å². The fourth-order valence-electron chi connectivity index (χ4n) is 3.04. The summed E-state index contributed by atoms with van der Waals surface area (Å²) in [6.45, 7) is 1.91. The third kappa shape index (κ3) is 3.97. The van der Waals surface area contributed by atoms with Gasteiger partial charge >= 0.3 is 6.03 Å². The van der Waals surface area contributed by atoms with Crippen molar-refractivity contribution < 1.29 is 14.0 Å². The zero-order valence-corrected chi connectivity index (χ0v) is 15.4. The van der Waals surface area contributed by atoms with E-state index in [1.165, 1.54) is 18.0 Å². The van der Waals surface area contributed by atoms with E-state index in [9.17, 15) is 9.59 Å². The maximum atomic E-state index is 12.5. The highest BCUT2D eigenvalue weighted by Crippen LogP contribution is 2.29. The lowest BCUT2D eigenvalue weighted by Gasteiger charge is -2.34. The Hall–Kier alpha value is -2.81. The molecule has 0 spiro atoms. The van der Waals surface area contributed by atoms with Crippen molar-refractivity contribution in [2.45, 2.75) is 6.04 Å². The molecular formula is C18H19N5O3S. The van der Waals surface area contributed by atoms with E-state index < -0.39 is 0 Å². The Morgan fingerprint density at radius 3 is 2.56 bits per heavy atom. The van der Waals surface area contributed by atoms with Crippen molar-refractivity contribution in [1.29, 1.82) is 0 Å². The molecule has 0 aromatic carbocycles. The molecule has 0 aliphatic carbocycles. The van der Waals surface area contributed by atoms with Gasteiger partial charge in [-0.1, -0.05) is 11.8 Å². The molecule has 1 atom stereocenters. The van der Waals surface area contributed by atoms with E-state index in [0.29, 0.717) is 37.1 Å². The number of piperazine rings is 1. The topological polar surface area (TPSA) is 91.0 Å². The van der Waals surface area contributed by atoms with Crippen LogP contribution in [0.2, 0.25) is 0 Å². The summed E-state index contributed by atoms with van der Waals surface area (Å²) in [6.07, 6.45) is 4.97. The first-order valence-corrected chi connectivity index (χ1v) is 9.68. The molecule has 2 aliphatic rings. The summed E-state index contributed by atoms with van der Waals surface area (Å²) in [4.78, 5) is 36.8. The number of aromatic nitrogens is 1. The van der Waals surface area contributed by atoms with Gasteiger partial charge in [-0.3, -0.25) is 20.1 Å². The van der Waals surface area contributed by atoms with Gasteiger partial charge in [0, 0.05) is 44.3 Å². The minimum absolute atomic E-state index is 0.0380. The van der Waals surface area contributed by atoms with E-state index in [4.69, 9.17) is 4.42 Å². The number of hydrogen-bond donors (Lipinski definition) is 1. The van der Waals surface area contributed by atoms with E-state index >= 15 is 0 Å². The van der Waals surface area contributed by atoms with Crippen LogP contribution in [0, 0.1) is 0 Å². The molecule has 0 bridgehead atoms. The summed E-state index contributed by atoms with van der Waals surface area (Å²) >= 11 is 1.54. The number of urea groups is 1. The Morgan fingerprint density at radius 2 is 1.85 bits per heavy atom. The third-order valence-corrected chi connectivity index (χ3v) is 5.51. The third-order valence-electron chi connectivity index (χ3n) is 4.54. The van der Waals surface area contributed by atoms with Crippen molar-refractivity contribution in [2.75, 3.05) is 31.9 Å². The van der Waals surface area contributed by atoms with E-state index in [-0.39, 0.29) is 18.0 Å². The van der Waals surface area contributed by atoms with Gasteiger partial charge in [0.25, 0.3) is 5.91 Å². The number of hydrogen-bond acceptors (Lipinski definition) is 6. The molecule has 8 nitrogen and oxygen atoms in total. The lowest BCUT2D eigenvalue weighted by molar-refractivity contribution is 0.0636. The lowest BCUT2D eigenvalue weighted by Crippen LogP contribution is -2.53. The van der Waals surface area contributed by atoms with Crippen molar-refractivity contribution in [2.24, 2.45) is 4.99 Å². The molecule has 4 rings (SSSR count). The fourth-order valence-corrected chi connectivity index (χ4v) is 3.98. The highest BCUT2D eigenvalue weighted by molar-refractivity contribution is 8.14. The minimum Gasteiger partial charge on any atom is -0.459 e. The number of amides is 3. The predicted octanol–water partition coefficient (Wildman–Crippen LogP) is 1.99. The molecule has 2 aliphatic heterocycles. The van der Waals surface area contributed by atoms with Crippen LogP contribution < -0.4 is 5.32 Å². The molecule has 140 valence electrons. The quantitative estimate of drug-likeness (QED) is 0.854. The molecule has 1 unspecified atom stereocenters. The number of pyridine rings is 1. The molecule has 1 fully saturated rings. The van der Waals surface area contributed by atoms with Crippen LogP contribution in [0.4, 0.5) is 4.79 Å². The Bertz CT molecular complexity index is 832. The van der Waals surface area contributed by atoms with Gasteiger partial charge in [-0.05, 0) is 29.8 Å². The van der Waals surface area contributed by atoms with E-state index in [0.717, 1.165) is 11.3 Å². The molecule has 4 heterocycles. The van der Waals surface area contributed by atoms with Crippen LogP contribution in [0.3, 0.4) is 0 Å². The Morgan fingerprint density at radius 1 is 1.11 bits per heavy atom. The minimum atomic E-state index is -0.179. The Balaban J connectivity index is 1.29. The number of carbonyl (C=O) groups is 2. The standard InChI is InChI=1S/C18H19N5O3S/c24-16(15-2-1-11-26-15)22-7-9-23(10-8-22)18(25)21-17-20-14(12-27-17)13-3-5-19-6-4-13/h1-6,11,14H,7-10,12H2,(H,20,21,25). The van der Waals surface area contributed by atoms with E-state index in [2.05, 4.69) is 15.3 Å². The molecule has 2 aromatic heterocycles. The van der Waals surface area contributed by atoms with Crippen LogP contribution in [-0.2, 0) is 0 Å². The van der Waals surface area contributed by atoms with E-state index in [1.807, 2.05) is 12.1 Å². The summed E-state index contributed by atoms with van der Waals surface area (Å²) in [7, 11) is 0. The lowest BCUT2D eigenvalue weighted by atomic mass is 10.1. The summed E-state index contributed by atoms with van der Waals surface area (Å²) in [5.74, 6) is 0.980. The fraction of sp³-hybridized carbons (Fsp3) is 0.333. The summed E-state index contributed by atoms with van der Waals surface area (Å²) in [5.41, 5.74) is 1.09. The maximum absolute atomic E-state index is 12.5. The molecule has 1 N–H and O–H groups in total. The van der Waals surface area contributed by atoms with Gasteiger partial charge in [0.05, 0.1) is 12.3 Å². The summed E-state index contributed by atoms with van der Waals surface area (Å²) < 4.78 is 5.15. The predicted molar refractivity (Wildman–Crippen MR) is 102 cm³/mol. The Kier molecular flexibility index (Phi) is 5.10. The number of nitrogens with one attached hydrogen (secondary N) is 1. The number of carbonyl (C=O) groups excluding carboxylic acids is 2. The first-order chi connectivity index (χ1) is 13.2. The van der Waals surface area contributed by atoms with Gasteiger partial charge in [0.15, 0.2) is 10.9 Å². The van der Waals surface area contributed by atoms with Crippen molar-refractivity contribution in [3.05, 3.63) is 54.2 Å². The molecule has 2 aromatic rings. The molecule has 1 saturated heterocycles. The SMILES string of the molecule is O=C(NC1=NC(c2ccncc2)CS1)N1CCN(C(=O)c2ccco2)CC1. The molecule has 0 saturated carbocycles. The average Bonchev–Trinajstić information content (AvgIpc) is 3.40. The normalized spacial score (nSPS) is 19.7. The summed E-state index contributed by atoms with van der Waals surface area (Å²) in [6, 6.07) is 7.08. The van der Waals surface area contributed by atoms with Gasteiger partial charge in [-0.2, -0.15) is 0 Å². The zero-order chi connectivity index (χ0) is 18.6. The number of nitrogens with zero attached hydrogens (tertiary/aromatic N) is 4. The van der Waals surface area contributed by atoms with Crippen LogP contribution in [0.5, 0.6) is 0 Å². The second kappa shape index (κ2) is 7.83. The van der Waals surface area contributed by atoms with Crippen molar-refractivity contribution in [1.82, 2.24) is 20.1 Å².